The Morgan fingerprint density at radius 2 is 1.95 bits per heavy atom. The Hall–Kier alpha value is -2.08. The summed E-state index contributed by atoms with van der Waals surface area (Å²) in [6.45, 7) is 4.14. The van der Waals surface area contributed by atoms with E-state index in [1.165, 1.54) is 0 Å². The van der Waals surface area contributed by atoms with Crippen molar-refractivity contribution in [2.75, 3.05) is 0 Å². The zero-order chi connectivity index (χ0) is 15.0. The van der Waals surface area contributed by atoms with Gasteiger partial charge in [0.05, 0.1) is 0 Å². The van der Waals surface area contributed by atoms with Crippen LogP contribution in [-0.4, -0.2) is 17.1 Å². The van der Waals surface area contributed by atoms with Crippen LogP contribution in [0.1, 0.15) is 32.3 Å². The van der Waals surface area contributed by atoms with Crippen LogP contribution >= 0.6 is 0 Å². The standard InChI is InChI=1S/C14H21N3O3/c1-11(2)8-9-13(18)17(15)16-14(19)20-10-12-6-4-3-5-7-12/h3-7,11H,8-10,15H2,1-2H3,(H,16,19). The quantitative estimate of drug-likeness (QED) is 0.490. The minimum Gasteiger partial charge on any atom is -0.443 e. The molecule has 110 valence electrons. The lowest BCUT2D eigenvalue weighted by Crippen LogP contribution is -2.50. The molecular weight excluding hydrogens is 258 g/mol. The third kappa shape index (κ3) is 6.19. The van der Waals surface area contributed by atoms with E-state index >= 15 is 0 Å². The lowest BCUT2D eigenvalue weighted by Gasteiger charge is -2.17. The number of hydrogen-bond acceptors (Lipinski definition) is 4. The van der Waals surface area contributed by atoms with Crippen molar-refractivity contribution in [2.24, 2.45) is 11.8 Å². The molecule has 3 N–H and O–H groups in total. The average Bonchev–Trinajstić information content (AvgIpc) is 2.43. The fraction of sp³-hybridized carbons (Fsp3) is 0.429. The molecular formula is C14H21N3O3. The van der Waals surface area contributed by atoms with Crippen molar-refractivity contribution in [3.05, 3.63) is 35.9 Å². The van der Waals surface area contributed by atoms with Gasteiger partial charge in [0.1, 0.15) is 6.61 Å². The molecule has 0 radical (unpaired) electrons. The van der Waals surface area contributed by atoms with Gasteiger partial charge in [-0.1, -0.05) is 44.2 Å². The van der Waals surface area contributed by atoms with Gasteiger partial charge in [0, 0.05) is 6.42 Å². The Balaban J connectivity index is 2.29. The molecule has 6 nitrogen and oxygen atoms in total. The van der Waals surface area contributed by atoms with E-state index in [2.05, 4.69) is 5.43 Å². The highest BCUT2D eigenvalue weighted by molar-refractivity contribution is 5.78. The summed E-state index contributed by atoms with van der Waals surface area (Å²) in [7, 11) is 0. The first kappa shape index (κ1) is 16.0. The van der Waals surface area contributed by atoms with Crippen molar-refractivity contribution in [1.29, 1.82) is 0 Å². The Labute approximate surface area is 118 Å². The summed E-state index contributed by atoms with van der Waals surface area (Å²) >= 11 is 0. The number of nitrogens with zero attached hydrogens (tertiary/aromatic N) is 1. The predicted octanol–water partition coefficient (Wildman–Crippen LogP) is 1.97. The van der Waals surface area contributed by atoms with Crippen LogP contribution in [0, 0.1) is 5.92 Å². The minimum atomic E-state index is -0.755. The molecule has 0 aromatic heterocycles. The number of carbonyl (C=O) groups is 2. The number of carbonyl (C=O) groups excluding carboxylic acids is 2. The normalized spacial score (nSPS) is 10.2. The van der Waals surface area contributed by atoms with E-state index in [0.717, 1.165) is 5.56 Å². The lowest BCUT2D eigenvalue weighted by atomic mass is 10.1. The Bertz CT molecular complexity index is 435. The maximum absolute atomic E-state index is 11.6. The molecule has 0 aliphatic heterocycles. The van der Waals surface area contributed by atoms with Crippen LogP contribution in [0.2, 0.25) is 0 Å². The number of rotatable bonds is 5. The number of ether oxygens (including phenoxy) is 1. The molecule has 0 spiro atoms. The molecule has 0 bridgehead atoms. The Kier molecular flexibility index (Phi) is 6.52. The molecule has 0 fully saturated rings. The van der Waals surface area contributed by atoms with Crippen LogP contribution in [0.5, 0.6) is 0 Å². The van der Waals surface area contributed by atoms with Crippen LogP contribution in [0.3, 0.4) is 0 Å². The van der Waals surface area contributed by atoms with Gasteiger partial charge in [-0.05, 0) is 17.9 Å². The Morgan fingerprint density at radius 3 is 2.55 bits per heavy atom. The average molecular weight is 279 g/mol. The van der Waals surface area contributed by atoms with Crippen LogP contribution in [0.25, 0.3) is 0 Å². The molecule has 0 aliphatic rings. The fourth-order valence-electron chi connectivity index (χ4n) is 1.45. The van der Waals surface area contributed by atoms with Gasteiger partial charge in [-0.25, -0.2) is 16.1 Å². The highest BCUT2D eigenvalue weighted by Crippen LogP contribution is 2.04. The van der Waals surface area contributed by atoms with E-state index in [1.54, 1.807) is 0 Å². The molecule has 6 heteroatoms. The van der Waals surface area contributed by atoms with Crippen LogP contribution in [0.4, 0.5) is 4.79 Å². The summed E-state index contributed by atoms with van der Waals surface area (Å²) in [6, 6.07) is 9.24. The molecule has 20 heavy (non-hydrogen) atoms. The second-order valence-electron chi connectivity index (χ2n) is 4.87. The van der Waals surface area contributed by atoms with Crippen LogP contribution in [0.15, 0.2) is 30.3 Å². The molecule has 0 aliphatic carbocycles. The fourth-order valence-corrected chi connectivity index (χ4v) is 1.45. The summed E-state index contributed by atoms with van der Waals surface area (Å²) < 4.78 is 4.95. The van der Waals surface area contributed by atoms with Crippen molar-refractivity contribution in [3.63, 3.8) is 0 Å². The van der Waals surface area contributed by atoms with Gasteiger partial charge in [0.15, 0.2) is 0 Å². The highest BCUT2D eigenvalue weighted by atomic mass is 16.6. The smallest absolute Gasteiger partial charge is 0.427 e. The van der Waals surface area contributed by atoms with Crippen molar-refractivity contribution in [2.45, 2.75) is 33.3 Å². The van der Waals surface area contributed by atoms with Gasteiger partial charge in [-0.2, -0.15) is 5.12 Å². The summed E-state index contributed by atoms with van der Waals surface area (Å²) in [5.41, 5.74) is 3.03. The van der Waals surface area contributed by atoms with E-state index < -0.39 is 6.09 Å². The zero-order valence-electron chi connectivity index (χ0n) is 11.8. The number of hydrazine groups is 2. The molecule has 0 saturated heterocycles. The molecule has 0 unspecified atom stereocenters. The molecule has 2 amide bonds. The van der Waals surface area contributed by atoms with E-state index in [4.69, 9.17) is 10.6 Å². The van der Waals surface area contributed by atoms with Crippen molar-refractivity contribution in [1.82, 2.24) is 10.5 Å². The second-order valence-corrected chi connectivity index (χ2v) is 4.87. The van der Waals surface area contributed by atoms with E-state index in [0.29, 0.717) is 17.5 Å². The molecule has 0 saturated carbocycles. The number of benzene rings is 1. The van der Waals surface area contributed by atoms with Gasteiger partial charge in [0.25, 0.3) is 5.91 Å². The van der Waals surface area contributed by atoms with Gasteiger partial charge in [-0.15, -0.1) is 0 Å². The molecule has 0 heterocycles. The maximum Gasteiger partial charge on any atom is 0.427 e. The molecule has 0 atom stereocenters. The van der Waals surface area contributed by atoms with Gasteiger partial charge in [0.2, 0.25) is 0 Å². The van der Waals surface area contributed by atoms with Crippen LogP contribution in [-0.2, 0) is 16.1 Å². The second kappa shape index (κ2) is 8.16. The van der Waals surface area contributed by atoms with Crippen LogP contribution < -0.4 is 11.3 Å². The monoisotopic (exact) mass is 279 g/mol. The van der Waals surface area contributed by atoms with E-state index in [-0.39, 0.29) is 18.9 Å². The number of amides is 2. The lowest BCUT2D eigenvalue weighted by molar-refractivity contribution is -0.134. The number of nitrogens with two attached hydrogens (primary N) is 1. The summed E-state index contributed by atoms with van der Waals surface area (Å²) in [5.74, 6) is 5.49. The summed E-state index contributed by atoms with van der Waals surface area (Å²) in [5, 5.41) is 0.676. The third-order valence-corrected chi connectivity index (χ3v) is 2.63. The predicted molar refractivity (Wildman–Crippen MR) is 74.9 cm³/mol. The zero-order valence-corrected chi connectivity index (χ0v) is 11.8. The van der Waals surface area contributed by atoms with E-state index in [1.807, 2.05) is 44.2 Å². The molecule has 1 aromatic carbocycles. The van der Waals surface area contributed by atoms with Gasteiger partial charge >= 0.3 is 6.09 Å². The largest absolute Gasteiger partial charge is 0.443 e. The SMILES string of the molecule is CC(C)CCC(=O)N(N)NC(=O)OCc1ccccc1. The first-order valence-corrected chi connectivity index (χ1v) is 6.54. The highest BCUT2D eigenvalue weighted by Gasteiger charge is 2.13. The Morgan fingerprint density at radius 1 is 1.30 bits per heavy atom. The van der Waals surface area contributed by atoms with Crippen molar-refractivity contribution >= 4 is 12.0 Å². The van der Waals surface area contributed by atoms with Gasteiger partial charge in [-0.3, -0.25) is 4.79 Å². The number of nitrogens with one attached hydrogen (secondary N) is 1. The maximum atomic E-state index is 11.6. The summed E-state index contributed by atoms with van der Waals surface area (Å²) in [6.07, 6.45) is 0.245. The van der Waals surface area contributed by atoms with Gasteiger partial charge < -0.3 is 4.74 Å². The topological polar surface area (TPSA) is 84.7 Å². The number of hydrogen-bond donors (Lipinski definition) is 2. The molecule has 1 rings (SSSR count). The van der Waals surface area contributed by atoms with Crippen molar-refractivity contribution < 1.29 is 14.3 Å². The summed E-state index contributed by atoms with van der Waals surface area (Å²) in [4.78, 5) is 23.1. The third-order valence-electron chi connectivity index (χ3n) is 2.63. The molecule has 1 aromatic rings. The first-order chi connectivity index (χ1) is 9.49. The minimum absolute atomic E-state index is 0.126. The van der Waals surface area contributed by atoms with E-state index in [9.17, 15) is 9.59 Å². The van der Waals surface area contributed by atoms with Crippen molar-refractivity contribution in [3.8, 4) is 0 Å². The first-order valence-electron chi connectivity index (χ1n) is 6.54.